The van der Waals surface area contributed by atoms with Gasteiger partial charge in [-0.05, 0) is 53.0 Å². The summed E-state index contributed by atoms with van der Waals surface area (Å²) in [6.45, 7) is 15.7. The van der Waals surface area contributed by atoms with E-state index in [1.54, 1.807) is 0 Å². The minimum absolute atomic E-state index is 0.567. The Morgan fingerprint density at radius 3 is 1.73 bits per heavy atom. The molecule has 0 rings (SSSR count). The van der Waals surface area contributed by atoms with Crippen molar-refractivity contribution < 1.29 is 13.3 Å². The summed E-state index contributed by atoms with van der Waals surface area (Å²) in [5.74, 6) is 8.74. The van der Waals surface area contributed by atoms with Crippen LogP contribution in [0.15, 0.2) is 0 Å². The van der Waals surface area contributed by atoms with Gasteiger partial charge in [0.2, 0.25) is 0 Å². The first-order valence-corrected chi connectivity index (χ1v) is 10.4. The quantitative estimate of drug-likeness (QED) is 0.207. The van der Waals surface area contributed by atoms with E-state index in [4.69, 9.17) is 13.3 Å². The largest absolute Gasteiger partial charge is 0.500 e. The molecule has 0 aromatic carbocycles. The lowest BCUT2D eigenvalue weighted by atomic mass is 10.1. The van der Waals surface area contributed by atoms with Gasteiger partial charge in [0.15, 0.2) is 0 Å². The summed E-state index contributed by atoms with van der Waals surface area (Å²) in [5, 5.41) is 3.57. The van der Waals surface area contributed by atoms with Crippen LogP contribution in [0.4, 0.5) is 0 Å². The summed E-state index contributed by atoms with van der Waals surface area (Å²) in [6.07, 6.45) is 2.25. The Balaban J connectivity index is 0. The zero-order valence-electron chi connectivity index (χ0n) is 15.5. The van der Waals surface area contributed by atoms with Crippen molar-refractivity contribution in [1.82, 2.24) is 5.32 Å². The van der Waals surface area contributed by atoms with Gasteiger partial charge < -0.3 is 18.6 Å². The number of hydrogen-bond acceptors (Lipinski definition) is 6. The van der Waals surface area contributed by atoms with Crippen molar-refractivity contribution in [3.63, 3.8) is 0 Å². The summed E-state index contributed by atoms with van der Waals surface area (Å²) in [6, 6.07) is 1.46. The highest BCUT2D eigenvalue weighted by atomic mass is 28.4. The van der Waals surface area contributed by atoms with Gasteiger partial charge in [0, 0.05) is 31.9 Å². The molecule has 1 unspecified atom stereocenters. The summed E-state index contributed by atoms with van der Waals surface area (Å²) < 4.78 is 17.5. The van der Waals surface area contributed by atoms with Crippen LogP contribution in [0.3, 0.4) is 0 Å². The van der Waals surface area contributed by atoms with Gasteiger partial charge in [-0.15, -0.1) is 0 Å². The summed E-state index contributed by atoms with van der Waals surface area (Å²) >= 11 is 0. The van der Waals surface area contributed by atoms with E-state index in [2.05, 4.69) is 37.8 Å². The van der Waals surface area contributed by atoms with Crippen LogP contribution < -0.4 is 17.0 Å². The summed E-state index contributed by atoms with van der Waals surface area (Å²) in [4.78, 5) is 0. The molecule has 0 saturated carbocycles. The Labute approximate surface area is 138 Å². The molecule has 0 radical (unpaired) electrons. The average molecular weight is 338 g/mol. The fourth-order valence-corrected chi connectivity index (χ4v) is 5.06. The first-order chi connectivity index (χ1) is 10.5. The molecule has 1 atom stereocenters. The fourth-order valence-electron chi connectivity index (χ4n) is 2.45. The molecule has 0 heterocycles. The summed E-state index contributed by atoms with van der Waals surface area (Å²) in [5.41, 5.74) is 0. The summed E-state index contributed by atoms with van der Waals surface area (Å²) in [7, 11) is -2.44. The number of nitrogens with two attached hydrogens (primary N) is 2. The van der Waals surface area contributed by atoms with Gasteiger partial charge in [0.1, 0.15) is 0 Å². The van der Waals surface area contributed by atoms with Crippen molar-refractivity contribution in [2.75, 3.05) is 26.4 Å². The van der Waals surface area contributed by atoms with Crippen LogP contribution in [0.5, 0.6) is 0 Å². The number of rotatable bonds is 13. The predicted molar refractivity (Wildman–Crippen MR) is 95.4 cm³/mol. The molecule has 0 saturated heterocycles. The van der Waals surface area contributed by atoms with Gasteiger partial charge in [-0.25, -0.2) is 0 Å². The molecule has 136 valence electrons. The van der Waals surface area contributed by atoms with Gasteiger partial charge in [0.25, 0.3) is 0 Å². The zero-order valence-corrected chi connectivity index (χ0v) is 16.5. The number of hydrogen-bond donors (Lipinski definition) is 3. The Bertz CT molecular complexity index is 217. The third-order valence-electron chi connectivity index (χ3n) is 3.07. The van der Waals surface area contributed by atoms with Crippen molar-refractivity contribution in [2.24, 2.45) is 17.6 Å². The highest BCUT2D eigenvalue weighted by Gasteiger charge is 2.39. The molecule has 5 N–H and O–H groups in total. The SMILES string of the molecule is CCO[Si](CCCNC(C)CC(C)C)(OCC)OCC.NN. The Morgan fingerprint density at radius 2 is 1.36 bits per heavy atom. The number of hydrazine groups is 1. The van der Waals surface area contributed by atoms with Gasteiger partial charge in [-0.2, -0.15) is 0 Å². The Morgan fingerprint density at radius 1 is 0.909 bits per heavy atom. The van der Waals surface area contributed by atoms with E-state index >= 15 is 0 Å². The van der Waals surface area contributed by atoms with Gasteiger partial charge >= 0.3 is 8.80 Å². The van der Waals surface area contributed by atoms with E-state index in [9.17, 15) is 0 Å². The first kappa shape index (κ1) is 24.2. The second-order valence-electron chi connectivity index (χ2n) is 5.57. The molecule has 22 heavy (non-hydrogen) atoms. The van der Waals surface area contributed by atoms with Crippen LogP contribution in [0.2, 0.25) is 6.04 Å². The van der Waals surface area contributed by atoms with Crippen LogP contribution in [0.1, 0.15) is 54.4 Å². The normalized spacial score (nSPS) is 13.0. The van der Waals surface area contributed by atoms with Crippen molar-refractivity contribution in [3.8, 4) is 0 Å². The molecule has 0 aromatic rings. The van der Waals surface area contributed by atoms with Crippen LogP contribution >= 0.6 is 0 Å². The van der Waals surface area contributed by atoms with Crippen LogP contribution in [-0.4, -0.2) is 41.2 Å². The maximum absolute atomic E-state index is 5.85. The maximum atomic E-state index is 5.85. The lowest BCUT2D eigenvalue weighted by Crippen LogP contribution is -2.46. The molecule has 0 spiro atoms. The fraction of sp³-hybridized carbons (Fsp3) is 1.00. The molecule has 0 aliphatic heterocycles. The lowest BCUT2D eigenvalue weighted by Gasteiger charge is -2.28. The third-order valence-corrected chi connectivity index (χ3v) is 6.22. The van der Waals surface area contributed by atoms with E-state index in [0.717, 1.165) is 24.9 Å². The van der Waals surface area contributed by atoms with Crippen molar-refractivity contribution in [3.05, 3.63) is 0 Å². The molecule has 0 aliphatic carbocycles. The molecule has 7 heteroatoms. The minimum atomic E-state index is -2.44. The number of nitrogens with one attached hydrogen (secondary N) is 1. The molecule has 0 amide bonds. The van der Waals surface area contributed by atoms with Crippen LogP contribution in [-0.2, 0) is 13.3 Å². The van der Waals surface area contributed by atoms with Gasteiger partial charge in [-0.1, -0.05) is 13.8 Å². The van der Waals surface area contributed by atoms with E-state index in [1.807, 2.05) is 20.8 Å². The highest BCUT2D eigenvalue weighted by molar-refractivity contribution is 6.60. The van der Waals surface area contributed by atoms with E-state index in [-0.39, 0.29) is 0 Å². The Hall–Kier alpha value is -0.0231. The first-order valence-electron chi connectivity index (χ1n) is 8.48. The molecule has 0 aliphatic rings. The second-order valence-corrected chi connectivity index (χ2v) is 8.30. The highest BCUT2D eigenvalue weighted by Crippen LogP contribution is 2.18. The molecule has 0 fully saturated rings. The van der Waals surface area contributed by atoms with Gasteiger partial charge in [-0.3, -0.25) is 11.7 Å². The van der Waals surface area contributed by atoms with E-state index in [0.29, 0.717) is 25.9 Å². The molecule has 0 aromatic heterocycles. The van der Waals surface area contributed by atoms with Crippen LogP contribution in [0.25, 0.3) is 0 Å². The topological polar surface area (TPSA) is 91.8 Å². The third kappa shape index (κ3) is 12.5. The zero-order chi connectivity index (χ0) is 17.4. The molecular formula is C15H39N3O3Si. The maximum Gasteiger partial charge on any atom is 0.500 e. The van der Waals surface area contributed by atoms with Crippen molar-refractivity contribution >= 4 is 8.80 Å². The minimum Gasteiger partial charge on any atom is -0.374 e. The van der Waals surface area contributed by atoms with Crippen molar-refractivity contribution in [1.29, 1.82) is 0 Å². The average Bonchev–Trinajstić information content (AvgIpc) is 2.46. The molecule has 6 nitrogen and oxygen atoms in total. The smallest absolute Gasteiger partial charge is 0.374 e. The monoisotopic (exact) mass is 337 g/mol. The standard InChI is InChI=1S/C15H35NO3Si.H4N2/c1-7-17-20(18-8-2,19-9-3)12-10-11-16-15(6)13-14(4)5;1-2/h14-16H,7-13H2,1-6H3;1-2H2. The molecular weight excluding hydrogens is 298 g/mol. The van der Waals surface area contributed by atoms with Gasteiger partial charge in [0.05, 0.1) is 0 Å². The van der Waals surface area contributed by atoms with E-state index in [1.165, 1.54) is 6.42 Å². The van der Waals surface area contributed by atoms with Crippen LogP contribution in [0, 0.1) is 5.92 Å². The predicted octanol–water partition coefficient (Wildman–Crippen LogP) is 2.27. The second kappa shape index (κ2) is 15.9. The van der Waals surface area contributed by atoms with Crippen molar-refractivity contribution in [2.45, 2.75) is 66.5 Å². The molecule has 0 bridgehead atoms. The lowest BCUT2D eigenvalue weighted by molar-refractivity contribution is 0.0707. The van der Waals surface area contributed by atoms with E-state index < -0.39 is 8.80 Å². The Kier molecular flexibility index (Phi) is 17.5.